The van der Waals surface area contributed by atoms with Gasteiger partial charge in [-0.15, -0.1) is 0 Å². The van der Waals surface area contributed by atoms with E-state index in [1.807, 2.05) is 31.2 Å². The van der Waals surface area contributed by atoms with Crippen molar-refractivity contribution >= 4 is 44.5 Å². The summed E-state index contributed by atoms with van der Waals surface area (Å²) in [6, 6.07) is 8.15. The van der Waals surface area contributed by atoms with Crippen LogP contribution in [0.3, 0.4) is 0 Å². The molecule has 0 saturated carbocycles. The fraction of sp³-hybridized carbons (Fsp3) is 0.368. The van der Waals surface area contributed by atoms with Crippen LogP contribution in [0.2, 0.25) is 0 Å². The number of thioether (sulfide) groups is 1. The van der Waals surface area contributed by atoms with Crippen LogP contribution in [0.5, 0.6) is 0 Å². The van der Waals surface area contributed by atoms with Crippen LogP contribution in [0.25, 0.3) is 10.3 Å². The summed E-state index contributed by atoms with van der Waals surface area (Å²) in [4.78, 5) is 27.7. The number of morpholine rings is 1. The van der Waals surface area contributed by atoms with Crippen molar-refractivity contribution in [1.29, 1.82) is 0 Å². The molecule has 1 fully saturated rings. The summed E-state index contributed by atoms with van der Waals surface area (Å²) < 4.78 is 6.33. The van der Waals surface area contributed by atoms with Crippen LogP contribution in [0.4, 0.5) is 5.13 Å². The first-order chi connectivity index (χ1) is 13.7. The molecule has 1 saturated heterocycles. The van der Waals surface area contributed by atoms with E-state index in [4.69, 9.17) is 4.74 Å². The zero-order valence-corrected chi connectivity index (χ0v) is 17.2. The Bertz CT molecular complexity index is 955. The van der Waals surface area contributed by atoms with Gasteiger partial charge in [0.15, 0.2) is 10.8 Å². The number of carbonyl (C=O) groups excluding carboxylic acids is 1. The molecule has 0 radical (unpaired) electrons. The topological polar surface area (TPSA) is 80.2 Å². The van der Waals surface area contributed by atoms with Gasteiger partial charge in [-0.2, -0.15) is 4.98 Å². The van der Waals surface area contributed by atoms with Crippen molar-refractivity contribution in [2.24, 2.45) is 0 Å². The zero-order valence-electron chi connectivity index (χ0n) is 15.6. The number of fused-ring (bicyclic) bond motifs is 1. The average molecular weight is 416 g/mol. The molecule has 2 aromatic heterocycles. The molecule has 1 amide bonds. The second-order valence-corrected chi connectivity index (χ2v) is 8.42. The van der Waals surface area contributed by atoms with E-state index in [-0.39, 0.29) is 5.91 Å². The summed E-state index contributed by atoms with van der Waals surface area (Å²) in [6.45, 7) is 5.66. The van der Waals surface area contributed by atoms with Crippen molar-refractivity contribution in [3.8, 4) is 0 Å². The molecule has 146 valence electrons. The average Bonchev–Trinajstić information content (AvgIpc) is 3.17. The predicted octanol–water partition coefficient (Wildman–Crippen LogP) is 2.64. The Morgan fingerprint density at radius 2 is 2.04 bits per heavy atom. The minimum Gasteiger partial charge on any atom is -0.378 e. The number of nitrogens with zero attached hydrogens (tertiary/aromatic N) is 4. The number of aromatic nitrogens is 3. The molecule has 0 unspecified atom stereocenters. The maximum atomic E-state index is 12.2. The molecule has 7 nitrogen and oxygen atoms in total. The quantitative estimate of drug-likeness (QED) is 0.490. The highest BCUT2D eigenvalue weighted by Crippen LogP contribution is 2.33. The molecule has 0 atom stereocenters. The number of rotatable bonds is 6. The van der Waals surface area contributed by atoms with Crippen LogP contribution < -0.4 is 10.2 Å². The molecule has 9 heteroatoms. The number of benzene rings is 1. The van der Waals surface area contributed by atoms with Crippen molar-refractivity contribution in [3.63, 3.8) is 0 Å². The lowest BCUT2D eigenvalue weighted by molar-refractivity contribution is -0.118. The van der Waals surface area contributed by atoms with Crippen LogP contribution in [-0.4, -0.2) is 52.9 Å². The van der Waals surface area contributed by atoms with Crippen LogP contribution in [0.1, 0.15) is 11.1 Å². The van der Waals surface area contributed by atoms with E-state index in [2.05, 4.69) is 25.2 Å². The Hall–Kier alpha value is -2.23. The maximum absolute atomic E-state index is 12.2. The fourth-order valence-corrected chi connectivity index (χ4v) is 4.78. The first kappa shape index (κ1) is 19.1. The second kappa shape index (κ2) is 8.85. The normalized spacial score (nSPS) is 14.4. The standard InChI is InChI=1S/C19H21N5O2S2/c1-13-2-4-14(5-3-13)10-20-15(25)11-27-18-16-17(21-12-22-18)23-19(28-16)24-6-8-26-9-7-24/h2-5,12H,6-11H2,1H3,(H,20,25). The van der Waals surface area contributed by atoms with Gasteiger partial charge >= 0.3 is 0 Å². The fourth-order valence-electron chi connectivity index (χ4n) is 2.81. The SMILES string of the molecule is Cc1ccc(CNC(=O)CSc2ncnc3nc(N4CCOCC4)sc23)cc1. The van der Waals surface area contributed by atoms with Gasteiger partial charge in [-0.05, 0) is 12.5 Å². The summed E-state index contributed by atoms with van der Waals surface area (Å²) in [6.07, 6.45) is 1.51. The smallest absolute Gasteiger partial charge is 0.230 e. The van der Waals surface area contributed by atoms with Crippen LogP contribution >= 0.6 is 23.1 Å². The molecule has 0 aliphatic carbocycles. The van der Waals surface area contributed by atoms with Gasteiger partial charge in [0.1, 0.15) is 16.1 Å². The Morgan fingerprint density at radius 1 is 1.25 bits per heavy atom. The van der Waals surface area contributed by atoms with Gasteiger partial charge in [0.2, 0.25) is 5.91 Å². The third kappa shape index (κ3) is 4.60. The molecule has 4 rings (SSSR count). The lowest BCUT2D eigenvalue weighted by Crippen LogP contribution is -2.36. The number of thiazole rings is 1. The van der Waals surface area contributed by atoms with E-state index in [0.29, 0.717) is 31.2 Å². The zero-order chi connectivity index (χ0) is 19.3. The molecular formula is C19H21N5O2S2. The van der Waals surface area contributed by atoms with Crippen molar-refractivity contribution < 1.29 is 9.53 Å². The van der Waals surface area contributed by atoms with Gasteiger partial charge in [-0.25, -0.2) is 9.97 Å². The molecule has 0 spiro atoms. The molecule has 1 aromatic carbocycles. The Balaban J connectivity index is 1.37. The lowest BCUT2D eigenvalue weighted by atomic mass is 10.1. The number of hydrogen-bond donors (Lipinski definition) is 1. The third-order valence-electron chi connectivity index (χ3n) is 4.38. The molecule has 3 heterocycles. The highest BCUT2D eigenvalue weighted by atomic mass is 32.2. The minimum atomic E-state index is -0.0183. The third-order valence-corrected chi connectivity index (χ3v) is 6.61. The van der Waals surface area contributed by atoms with Crippen LogP contribution in [0, 0.1) is 6.92 Å². The van der Waals surface area contributed by atoms with Crippen molar-refractivity contribution in [2.75, 3.05) is 37.0 Å². The van der Waals surface area contributed by atoms with E-state index in [0.717, 1.165) is 33.5 Å². The van der Waals surface area contributed by atoms with Gasteiger partial charge in [0.05, 0.1) is 19.0 Å². The number of amides is 1. The number of nitrogens with one attached hydrogen (secondary N) is 1. The van der Waals surface area contributed by atoms with Crippen LogP contribution in [0.15, 0.2) is 35.6 Å². The summed E-state index contributed by atoms with van der Waals surface area (Å²) in [5.41, 5.74) is 2.98. The highest BCUT2D eigenvalue weighted by Gasteiger charge is 2.18. The van der Waals surface area contributed by atoms with Crippen LogP contribution in [-0.2, 0) is 16.1 Å². The van der Waals surface area contributed by atoms with Gasteiger partial charge in [0.25, 0.3) is 0 Å². The van der Waals surface area contributed by atoms with Gasteiger partial charge in [-0.3, -0.25) is 4.79 Å². The number of ether oxygens (including phenoxy) is 1. The number of carbonyl (C=O) groups is 1. The molecule has 1 aliphatic heterocycles. The second-order valence-electron chi connectivity index (χ2n) is 6.48. The highest BCUT2D eigenvalue weighted by molar-refractivity contribution is 8.00. The monoisotopic (exact) mass is 415 g/mol. The first-order valence-corrected chi connectivity index (χ1v) is 10.9. The maximum Gasteiger partial charge on any atom is 0.230 e. The van der Waals surface area contributed by atoms with E-state index >= 15 is 0 Å². The molecule has 1 aliphatic rings. The molecule has 28 heavy (non-hydrogen) atoms. The van der Waals surface area contributed by atoms with Crippen molar-refractivity contribution in [3.05, 3.63) is 41.7 Å². The summed E-state index contributed by atoms with van der Waals surface area (Å²) in [5.74, 6) is 0.290. The van der Waals surface area contributed by atoms with E-state index < -0.39 is 0 Å². The Labute approximate surface area is 171 Å². The van der Waals surface area contributed by atoms with E-state index in [1.54, 1.807) is 11.3 Å². The molecule has 3 aromatic rings. The summed E-state index contributed by atoms with van der Waals surface area (Å²) in [5, 5.41) is 4.69. The first-order valence-electron chi connectivity index (χ1n) is 9.08. The number of anilines is 1. The number of hydrogen-bond acceptors (Lipinski definition) is 8. The van der Waals surface area contributed by atoms with Crippen molar-refractivity contribution in [1.82, 2.24) is 20.3 Å². The predicted molar refractivity (Wildman–Crippen MR) is 112 cm³/mol. The Kier molecular flexibility index (Phi) is 6.04. The summed E-state index contributed by atoms with van der Waals surface area (Å²) >= 11 is 3.00. The number of aryl methyl sites for hydroxylation is 1. The largest absolute Gasteiger partial charge is 0.378 e. The summed E-state index contributed by atoms with van der Waals surface area (Å²) in [7, 11) is 0. The van der Waals surface area contributed by atoms with E-state index in [1.165, 1.54) is 23.7 Å². The molecule has 0 bridgehead atoms. The Morgan fingerprint density at radius 3 is 2.82 bits per heavy atom. The molecule has 1 N–H and O–H groups in total. The molecular weight excluding hydrogens is 394 g/mol. The van der Waals surface area contributed by atoms with Crippen molar-refractivity contribution in [2.45, 2.75) is 18.5 Å². The van der Waals surface area contributed by atoms with Gasteiger partial charge in [-0.1, -0.05) is 52.9 Å². The lowest BCUT2D eigenvalue weighted by Gasteiger charge is -2.25. The van der Waals surface area contributed by atoms with Gasteiger partial charge < -0.3 is 15.0 Å². The van der Waals surface area contributed by atoms with E-state index in [9.17, 15) is 4.79 Å². The van der Waals surface area contributed by atoms with Gasteiger partial charge in [0, 0.05) is 19.6 Å². The minimum absolute atomic E-state index is 0.0183.